The van der Waals surface area contributed by atoms with Crippen molar-refractivity contribution < 1.29 is 14.7 Å². The van der Waals surface area contributed by atoms with Crippen molar-refractivity contribution in [1.29, 1.82) is 0 Å². The first-order valence-electron chi connectivity index (χ1n) is 6.73. The van der Waals surface area contributed by atoms with Crippen LogP contribution in [0, 0.1) is 5.41 Å². The highest BCUT2D eigenvalue weighted by Gasteiger charge is 2.44. The Kier molecular flexibility index (Phi) is 2.81. The number of benzene rings is 1. The lowest BCUT2D eigenvalue weighted by Gasteiger charge is -2.29. The maximum Gasteiger partial charge on any atom is 0.311 e. The molecular formula is C15H17NO3. The molecule has 0 spiro atoms. The maximum atomic E-state index is 12.3. The van der Waals surface area contributed by atoms with Crippen LogP contribution in [0.5, 0.6) is 0 Å². The highest BCUT2D eigenvalue weighted by atomic mass is 16.4. The summed E-state index contributed by atoms with van der Waals surface area (Å²) in [5, 5.41) is 9.49. The summed E-state index contributed by atoms with van der Waals surface area (Å²) >= 11 is 0. The van der Waals surface area contributed by atoms with E-state index in [1.807, 2.05) is 24.3 Å². The van der Waals surface area contributed by atoms with Crippen LogP contribution in [0.25, 0.3) is 0 Å². The van der Waals surface area contributed by atoms with Gasteiger partial charge in [-0.2, -0.15) is 0 Å². The Hall–Kier alpha value is -1.84. The molecule has 100 valence electrons. The van der Waals surface area contributed by atoms with Gasteiger partial charge < -0.3 is 10.0 Å². The van der Waals surface area contributed by atoms with Crippen molar-refractivity contribution in [2.24, 2.45) is 5.41 Å². The second kappa shape index (κ2) is 4.37. The van der Waals surface area contributed by atoms with Crippen LogP contribution in [0.4, 0.5) is 0 Å². The van der Waals surface area contributed by atoms with Gasteiger partial charge in [0.05, 0.1) is 5.41 Å². The predicted octanol–water partition coefficient (Wildman–Crippen LogP) is 2.29. The highest BCUT2D eigenvalue weighted by Crippen LogP contribution is 2.40. The molecule has 0 radical (unpaired) electrons. The van der Waals surface area contributed by atoms with Gasteiger partial charge in [0, 0.05) is 18.7 Å². The summed E-state index contributed by atoms with van der Waals surface area (Å²) in [5.74, 6) is -0.781. The van der Waals surface area contributed by atoms with E-state index < -0.39 is 11.4 Å². The van der Waals surface area contributed by atoms with Crippen molar-refractivity contribution >= 4 is 11.9 Å². The molecule has 4 heteroatoms. The number of rotatable bonds is 3. The van der Waals surface area contributed by atoms with E-state index in [1.165, 1.54) is 0 Å². The zero-order chi connectivity index (χ0) is 13.5. The van der Waals surface area contributed by atoms with Crippen LogP contribution in [0.1, 0.15) is 41.6 Å². The molecule has 1 N–H and O–H groups in total. The fourth-order valence-electron chi connectivity index (χ4n) is 3.30. The normalized spacial score (nSPS) is 20.6. The molecule has 0 atom stereocenters. The first-order chi connectivity index (χ1) is 9.12. The molecule has 1 amide bonds. The van der Waals surface area contributed by atoms with Crippen molar-refractivity contribution in [1.82, 2.24) is 4.90 Å². The predicted molar refractivity (Wildman–Crippen MR) is 69.7 cm³/mol. The van der Waals surface area contributed by atoms with E-state index in [-0.39, 0.29) is 5.91 Å². The molecule has 1 aromatic rings. The Morgan fingerprint density at radius 2 is 1.95 bits per heavy atom. The van der Waals surface area contributed by atoms with Gasteiger partial charge in [-0.15, -0.1) is 0 Å². The summed E-state index contributed by atoms with van der Waals surface area (Å²) in [5.41, 5.74) is 1.00. The SMILES string of the molecule is O=C1c2ccccc2CN1CC1(C(=O)O)CCCC1. The third-order valence-electron chi connectivity index (χ3n) is 4.40. The minimum absolute atomic E-state index is 0.0249. The number of aliphatic carboxylic acids is 1. The van der Waals surface area contributed by atoms with Gasteiger partial charge in [0.25, 0.3) is 5.91 Å². The molecule has 1 aliphatic heterocycles. The number of nitrogens with zero attached hydrogens (tertiary/aromatic N) is 1. The smallest absolute Gasteiger partial charge is 0.311 e. The molecule has 2 aliphatic rings. The number of fused-ring (bicyclic) bond motifs is 1. The second-order valence-corrected chi connectivity index (χ2v) is 5.61. The van der Waals surface area contributed by atoms with Crippen LogP contribution in [-0.2, 0) is 11.3 Å². The van der Waals surface area contributed by atoms with Crippen LogP contribution >= 0.6 is 0 Å². The van der Waals surface area contributed by atoms with Crippen molar-refractivity contribution in [3.8, 4) is 0 Å². The van der Waals surface area contributed by atoms with E-state index in [0.29, 0.717) is 25.9 Å². The van der Waals surface area contributed by atoms with Crippen LogP contribution in [0.2, 0.25) is 0 Å². The van der Waals surface area contributed by atoms with Gasteiger partial charge in [-0.05, 0) is 24.5 Å². The van der Waals surface area contributed by atoms with Crippen LogP contribution in [0.3, 0.4) is 0 Å². The standard InChI is InChI=1S/C15H17NO3/c17-13-12-6-2-1-5-11(12)9-16(13)10-15(14(18)19)7-3-4-8-15/h1-2,5-6H,3-4,7-10H2,(H,18,19). The van der Waals surface area contributed by atoms with Crippen molar-refractivity contribution in [2.75, 3.05) is 6.54 Å². The van der Waals surface area contributed by atoms with E-state index >= 15 is 0 Å². The summed E-state index contributed by atoms with van der Waals surface area (Å²) in [6.45, 7) is 0.889. The van der Waals surface area contributed by atoms with E-state index in [2.05, 4.69) is 0 Å². The Morgan fingerprint density at radius 3 is 2.58 bits per heavy atom. The van der Waals surface area contributed by atoms with E-state index in [9.17, 15) is 14.7 Å². The number of amides is 1. The summed E-state index contributed by atoms with van der Waals surface area (Å²) in [7, 11) is 0. The topological polar surface area (TPSA) is 57.6 Å². The first-order valence-corrected chi connectivity index (χ1v) is 6.73. The van der Waals surface area contributed by atoms with Crippen LogP contribution in [0.15, 0.2) is 24.3 Å². The molecule has 1 fully saturated rings. The molecule has 1 saturated carbocycles. The molecule has 0 saturated heterocycles. The summed E-state index contributed by atoms with van der Waals surface area (Å²) < 4.78 is 0. The Labute approximate surface area is 112 Å². The molecule has 19 heavy (non-hydrogen) atoms. The van der Waals surface area contributed by atoms with Gasteiger partial charge in [0.15, 0.2) is 0 Å². The summed E-state index contributed by atoms with van der Waals surface area (Å²) in [6.07, 6.45) is 3.26. The fourth-order valence-corrected chi connectivity index (χ4v) is 3.30. The molecule has 1 aromatic carbocycles. The Balaban J connectivity index is 1.82. The number of hydrogen-bond acceptors (Lipinski definition) is 2. The van der Waals surface area contributed by atoms with Crippen LogP contribution < -0.4 is 0 Å². The average Bonchev–Trinajstić information content (AvgIpc) is 2.98. The zero-order valence-corrected chi connectivity index (χ0v) is 10.8. The minimum atomic E-state index is -0.756. The molecule has 0 aromatic heterocycles. The zero-order valence-electron chi connectivity index (χ0n) is 10.8. The number of carbonyl (C=O) groups excluding carboxylic acids is 1. The van der Waals surface area contributed by atoms with Crippen molar-refractivity contribution in [3.05, 3.63) is 35.4 Å². The van der Waals surface area contributed by atoms with E-state index in [0.717, 1.165) is 24.0 Å². The number of carboxylic acid groups (broad SMARTS) is 1. The first kappa shape index (κ1) is 12.2. The molecule has 3 rings (SSSR count). The lowest BCUT2D eigenvalue weighted by molar-refractivity contribution is -0.149. The third-order valence-corrected chi connectivity index (χ3v) is 4.40. The summed E-state index contributed by atoms with van der Waals surface area (Å²) in [6, 6.07) is 7.52. The number of carboxylic acids is 1. The Morgan fingerprint density at radius 1 is 1.26 bits per heavy atom. The van der Waals surface area contributed by atoms with Gasteiger partial charge in [-0.25, -0.2) is 0 Å². The minimum Gasteiger partial charge on any atom is -0.481 e. The second-order valence-electron chi connectivity index (χ2n) is 5.61. The van der Waals surface area contributed by atoms with Gasteiger partial charge >= 0.3 is 5.97 Å². The monoisotopic (exact) mass is 259 g/mol. The third kappa shape index (κ3) is 1.91. The molecule has 0 bridgehead atoms. The van der Waals surface area contributed by atoms with Crippen molar-refractivity contribution in [3.63, 3.8) is 0 Å². The number of carbonyl (C=O) groups is 2. The lowest BCUT2D eigenvalue weighted by Crippen LogP contribution is -2.41. The maximum absolute atomic E-state index is 12.3. The molecule has 4 nitrogen and oxygen atoms in total. The molecular weight excluding hydrogens is 242 g/mol. The highest BCUT2D eigenvalue weighted by molar-refractivity contribution is 5.98. The van der Waals surface area contributed by atoms with E-state index in [1.54, 1.807) is 4.90 Å². The number of hydrogen-bond donors (Lipinski definition) is 1. The van der Waals surface area contributed by atoms with Crippen LogP contribution in [-0.4, -0.2) is 28.4 Å². The van der Waals surface area contributed by atoms with Gasteiger partial charge in [0.1, 0.15) is 0 Å². The molecule has 1 heterocycles. The molecule has 1 aliphatic carbocycles. The largest absolute Gasteiger partial charge is 0.481 e. The fraction of sp³-hybridized carbons (Fsp3) is 0.467. The van der Waals surface area contributed by atoms with Gasteiger partial charge in [-0.1, -0.05) is 31.0 Å². The average molecular weight is 259 g/mol. The quantitative estimate of drug-likeness (QED) is 0.906. The Bertz CT molecular complexity index is 532. The van der Waals surface area contributed by atoms with Crippen molar-refractivity contribution in [2.45, 2.75) is 32.2 Å². The summed E-state index contributed by atoms with van der Waals surface area (Å²) in [4.78, 5) is 25.5. The lowest BCUT2D eigenvalue weighted by atomic mass is 9.85. The van der Waals surface area contributed by atoms with E-state index in [4.69, 9.17) is 0 Å². The van der Waals surface area contributed by atoms with Gasteiger partial charge in [-0.3, -0.25) is 9.59 Å². The molecule has 0 unspecified atom stereocenters. The van der Waals surface area contributed by atoms with Gasteiger partial charge in [0.2, 0.25) is 0 Å².